The van der Waals surface area contributed by atoms with E-state index in [9.17, 15) is 9.59 Å². The number of carbonyl (C=O) groups excluding carboxylic acids is 2. The molecule has 4 rings (SSSR count). The second kappa shape index (κ2) is 9.79. The summed E-state index contributed by atoms with van der Waals surface area (Å²) in [5.41, 5.74) is 1.54. The summed E-state index contributed by atoms with van der Waals surface area (Å²) in [5.74, 6) is 0.762. The Kier molecular flexibility index (Phi) is 6.65. The quantitative estimate of drug-likeness (QED) is 0.452. The van der Waals surface area contributed by atoms with Gasteiger partial charge in [-0.15, -0.1) is 11.3 Å². The van der Waals surface area contributed by atoms with Crippen LogP contribution in [0.1, 0.15) is 18.2 Å². The Balaban J connectivity index is 1.75. The molecule has 1 aromatic heterocycles. The lowest BCUT2D eigenvalue weighted by Gasteiger charge is -2.17. The van der Waals surface area contributed by atoms with Crippen LogP contribution in [0.15, 0.2) is 65.7 Å². The number of imide groups is 1. The van der Waals surface area contributed by atoms with Gasteiger partial charge in [0, 0.05) is 34.8 Å². The monoisotopic (exact) mass is 464 g/mol. The molecular formula is C25H24N2O5S. The van der Waals surface area contributed by atoms with Crippen LogP contribution in [0.3, 0.4) is 0 Å². The molecule has 1 aliphatic heterocycles. The van der Waals surface area contributed by atoms with E-state index < -0.39 is 11.8 Å². The van der Waals surface area contributed by atoms with Crippen molar-refractivity contribution in [1.29, 1.82) is 0 Å². The maximum Gasteiger partial charge on any atom is 0.282 e. The van der Waals surface area contributed by atoms with E-state index in [1.807, 2.05) is 48.7 Å². The molecule has 170 valence electrons. The predicted octanol–water partition coefficient (Wildman–Crippen LogP) is 4.95. The average molecular weight is 465 g/mol. The molecule has 0 fully saturated rings. The van der Waals surface area contributed by atoms with Crippen LogP contribution in [-0.2, 0) is 9.59 Å². The highest BCUT2D eigenvalue weighted by molar-refractivity contribution is 7.11. The first-order valence-corrected chi connectivity index (χ1v) is 11.3. The fourth-order valence-corrected chi connectivity index (χ4v) is 4.25. The second-order valence-electron chi connectivity index (χ2n) is 7.25. The standard InChI is InChI=1S/C25H24N2O5S/c1-4-10-32-18-8-5-7-16(12-18)26-23-22(21-9-6-11-33-21)24(28)27(25(23)29)17-13-19(30-2)15-20(14-17)31-3/h5-9,11-15,26H,4,10H2,1-3H3. The fraction of sp³-hybridized carbons (Fsp3) is 0.200. The molecule has 1 aliphatic rings. The molecule has 0 bridgehead atoms. The number of ether oxygens (including phenoxy) is 3. The number of anilines is 2. The summed E-state index contributed by atoms with van der Waals surface area (Å²) >= 11 is 1.40. The number of benzene rings is 2. The molecule has 2 heterocycles. The van der Waals surface area contributed by atoms with Gasteiger partial charge in [-0.25, -0.2) is 4.90 Å². The van der Waals surface area contributed by atoms with E-state index in [-0.39, 0.29) is 5.70 Å². The van der Waals surface area contributed by atoms with Gasteiger partial charge in [0.1, 0.15) is 22.9 Å². The van der Waals surface area contributed by atoms with Crippen LogP contribution in [0, 0.1) is 0 Å². The van der Waals surface area contributed by atoms with Crippen molar-refractivity contribution in [1.82, 2.24) is 0 Å². The van der Waals surface area contributed by atoms with Gasteiger partial charge in [0.05, 0.1) is 32.1 Å². The molecule has 33 heavy (non-hydrogen) atoms. The topological polar surface area (TPSA) is 77.1 Å². The summed E-state index contributed by atoms with van der Waals surface area (Å²) in [5, 5.41) is 5.03. The van der Waals surface area contributed by atoms with E-state index in [0.717, 1.165) is 11.3 Å². The zero-order valence-corrected chi connectivity index (χ0v) is 19.4. The van der Waals surface area contributed by atoms with Gasteiger partial charge in [0.15, 0.2) is 0 Å². The third-order valence-corrected chi connectivity index (χ3v) is 5.91. The molecule has 7 nitrogen and oxygen atoms in total. The number of amides is 2. The number of hydrogen-bond donors (Lipinski definition) is 1. The molecule has 2 amide bonds. The summed E-state index contributed by atoms with van der Waals surface area (Å²) in [4.78, 5) is 28.9. The summed E-state index contributed by atoms with van der Waals surface area (Å²) in [6.45, 7) is 2.63. The smallest absolute Gasteiger partial charge is 0.282 e. The van der Waals surface area contributed by atoms with Crippen LogP contribution in [0.2, 0.25) is 0 Å². The van der Waals surface area contributed by atoms with Crippen molar-refractivity contribution >= 4 is 40.1 Å². The van der Waals surface area contributed by atoms with E-state index in [1.54, 1.807) is 18.2 Å². The maximum absolute atomic E-state index is 13.6. The Bertz CT molecular complexity index is 1180. The van der Waals surface area contributed by atoms with Crippen molar-refractivity contribution in [3.05, 3.63) is 70.6 Å². The lowest BCUT2D eigenvalue weighted by molar-refractivity contribution is -0.120. The number of rotatable bonds is 9. The van der Waals surface area contributed by atoms with Crippen molar-refractivity contribution < 1.29 is 23.8 Å². The largest absolute Gasteiger partial charge is 0.497 e. The van der Waals surface area contributed by atoms with Crippen molar-refractivity contribution in [2.24, 2.45) is 0 Å². The molecule has 0 unspecified atom stereocenters. The van der Waals surface area contributed by atoms with Crippen LogP contribution >= 0.6 is 11.3 Å². The minimum absolute atomic E-state index is 0.205. The van der Waals surface area contributed by atoms with Crippen LogP contribution < -0.4 is 24.4 Å². The van der Waals surface area contributed by atoms with E-state index >= 15 is 0 Å². The van der Waals surface area contributed by atoms with E-state index in [4.69, 9.17) is 14.2 Å². The van der Waals surface area contributed by atoms with Gasteiger partial charge >= 0.3 is 0 Å². The van der Waals surface area contributed by atoms with Gasteiger partial charge in [-0.05, 0) is 30.0 Å². The van der Waals surface area contributed by atoms with E-state index in [2.05, 4.69) is 5.32 Å². The van der Waals surface area contributed by atoms with Crippen LogP contribution in [-0.4, -0.2) is 32.6 Å². The van der Waals surface area contributed by atoms with Gasteiger partial charge in [0.25, 0.3) is 11.8 Å². The second-order valence-corrected chi connectivity index (χ2v) is 8.19. The first kappa shape index (κ1) is 22.4. The summed E-state index contributed by atoms with van der Waals surface area (Å²) in [6.07, 6.45) is 0.886. The first-order valence-electron chi connectivity index (χ1n) is 10.5. The van der Waals surface area contributed by atoms with Crippen LogP contribution in [0.25, 0.3) is 5.57 Å². The number of methoxy groups -OCH3 is 2. The van der Waals surface area contributed by atoms with Gasteiger partial charge in [0.2, 0.25) is 0 Å². The Morgan fingerprint density at radius 1 is 0.909 bits per heavy atom. The molecule has 0 spiro atoms. The molecule has 1 N–H and O–H groups in total. The van der Waals surface area contributed by atoms with Crippen LogP contribution in [0.5, 0.6) is 17.2 Å². The van der Waals surface area contributed by atoms with Crippen molar-refractivity contribution in [2.45, 2.75) is 13.3 Å². The molecule has 0 saturated carbocycles. The summed E-state index contributed by atoms with van der Waals surface area (Å²) < 4.78 is 16.4. The normalized spacial score (nSPS) is 13.5. The van der Waals surface area contributed by atoms with Gasteiger partial charge in [-0.2, -0.15) is 0 Å². The van der Waals surface area contributed by atoms with Crippen molar-refractivity contribution in [2.75, 3.05) is 31.0 Å². The minimum Gasteiger partial charge on any atom is -0.497 e. The third kappa shape index (κ3) is 4.56. The number of nitrogens with one attached hydrogen (secondary N) is 1. The summed E-state index contributed by atoms with van der Waals surface area (Å²) in [6, 6.07) is 15.9. The fourth-order valence-electron chi connectivity index (χ4n) is 3.48. The summed E-state index contributed by atoms with van der Waals surface area (Å²) in [7, 11) is 3.03. The molecule has 3 aromatic rings. The minimum atomic E-state index is -0.460. The van der Waals surface area contributed by atoms with Crippen LogP contribution in [0.4, 0.5) is 11.4 Å². The first-order chi connectivity index (χ1) is 16.0. The average Bonchev–Trinajstić information content (AvgIpc) is 3.44. The van der Waals surface area contributed by atoms with Crippen molar-refractivity contribution in [3.8, 4) is 17.2 Å². The maximum atomic E-state index is 13.6. The zero-order valence-electron chi connectivity index (χ0n) is 18.6. The molecule has 0 atom stereocenters. The van der Waals surface area contributed by atoms with E-state index in [0.29, 0.717) is 45.7 Å². The molecule has 0 saturated heterocycles. The number of nitrogens with zero attached hydrogens (tertiary/aromatic N) is 1. The Labute approximate surface area is 196 Å². The predicted molar refractivity (Wildman–Crippen MR) is 129 cm³/mol. The van der Waals surface area contributed by atoms with Gasteiger partial charge < -0.3 is 19.5 Å². The van der Waals surface area contributed by atoms with Gasteiger partial charge in [-0.1, -0.05) is 19.1 Å². The van der Waals surface area contributed by atoms with Gasteiger partial charge in [-0.3, -0.25) is 9.59 Å². The number of thiophene rings is 1. The lowest BCUT2D eigenvalue weighted by atomic mass is 10.2. The SMILES string of the molecule is CCCOc1cccc(NC2=C(c3cccs3)C(=O)N(c3cc(OC)cc(OC)c3)C2=O)c1. The Hall–Kier alpha value is -3.78. The highest BCUT2D eigenvalue weighted by Gasteiger charge is 2.41. The zero-order chi connectivity index (χ0) is 23.4. The molecule has 0 radical (unpaired) electrons. The lowest BCUT2D eigenvalue weighted by Crippen LogP contribution is -2.32. The highest BCUT2D eigenvalue weighted by atomic mass is 32.1. The Morgan fingerprint density at radius 2 is 1.67 bits per heavy atom. The molecule has 8 heteroatoms. The number of carbonyl (C=O) groups is 2. The highest BCUT2D eigenvalue weighted by Crippen LogP contribution is 2.38. The third-order valence-electron chi connectivity index (χ3n) is 5.02. The molecular weight excluding hydrogens is 440 g/mol. The Morgan fingerprint density at radius 3 is 2.30 bits per heavy atom. The van der Waals surface area contributed by atoms with Crippen molar-refractivity contribution in [3.63, 3.8) is 0 Å². The van der Waals surface area contributed by atoms with E-state index in [1.165, 1.54) is 25.6 Å². The number of hydrogen-bond acceptors (Lipinski definition) is 7. The molecule has 2 aromatic carbocycles. The molecule has 0 aliphatic carbocycles.